The van der Waals surface area contributed by atoms with E-state index in [4.69, 9.17) is 0 Å². The van der Waals surface area contributed by atoms with Gasteiger partial charge in [0.2, 0.25) is 0 Å². The van der Waals surface area contributed by atoms with Crippen molar-refractivity contribution in [3.63, 3.8) is 0 Å². The Balaban J connectivity index is 1.86. The van der Waals surface area contributed by atoms with Crippen LogP contribution in [-0.2, 0) is 6.54 Å². The zero-order chi connectivity index (χ0) is 13.9. The molecule has 0 fully saturated rings. The first-order chi connectivity index (χ1) is 8.94. The Labute approximate surface area is 116 Å². The molecule has 0 aliphatic heterocycles. The van der Waals surface area contributed by atoms with Crippen molar-refractivity contribution in [1.82, 2.24) is 15.2 Å². The molecule has 0 saturated heterocycles. The van der Waals surface area contributed by atoms with Crippen molar-refractivity contribution in [2.45, 2.75) is 32.9 Å². The van der Waals surface area contributed by atoms with Gasteiger partial charge in [0, 0.05) is 36.9 Å². The van der Waals surface area contributed by atoms with Crippen LogP contribution in [0, 0.1) is 0 Å². The van der Waals surface area contributed by atoms with Crippen LogP contribution >= 0.6 is 0 Å². The van der Waals surface area contributed by atoms with Crippen molar-refractivity contribution in [2.24, 2.45) is 0 Å². The molecule has 0 spiro atoms. The van der Waals surface area contributed by atoms with Gasteiger partial charge in [-0.2, -0.15) is 0 Å². The van der Waals surface area contributed by atoms with Gasteiger partial charge < -0.3 is 15.2 Å². The maximum atomic E-state index is 3.52. The van der Waals surface area contributed by atoms with Crippen LogP contribution in [0.25, 0.3) is 10.9 Å². The molecule has 1 heterocycles. The summed E-state index contributed by atoms with van der Waals surface area (Å²) in [5.74, 6) is 0. The van der Waals surface area contributed by atoms with Gasteiger partial charge in [0.25, 0.3) is 0 Å². The lowest BCUT2D eigenvalue weighted by molar-refractivity contribution is 0.303. The molecule has 0 unspecified atom stereocenters. The minimum atomic E-state index is 0.199. The second-order valence-corrected chi connectivity index (χ2v) is 6.31. The van der Waals surface area contributed by atoms with Crippen LogP contribution in [0.4, 0.5) is 0 Å². The minimum absolute atomic E-state index is 0.199. The highest BCUT2D eigenvalue weighted by atomic mass is 15.1. The number of hydrogen-bond acceptors (Lipinski definition) is 2. The molecule has 1 aromatic heterocycles. The number of H-pyrrole nitrogens is 1. The Kier molecular flexibility index (Phi) is 4.27. The molecular weight excluding hydrogens is 234 g/mol. The fourth-order valence-electron chi connectivity index (χ4n) is 2.21. The number of hydrogen-bond donors (Lipinski definition) is 2. The molecule has 0 atom stereocenters. The quantitative estimate of drug-likeness (QED) is 0.865. The summed E-state index contributed by atoms with van der Waals surface area (Å²) in [5.41, 5.74) is 2.77. The second-order valence-electron chi connectivity index (χ2n) is 6.31. The van der Waals surface area contributed by atoms with Gasteiger partial charge in [0.05, 0.1) is 0 Å². The summed E-state index contributed by atoms with van der Waals surface area (Å²) in [5, 5.41) is 4.81. The Hall–Kier alpha value is -1.32. The van der Waals surface area contributed by atoms with E-state index in [1.807, 2.05) is 6.20 Å². The van der Waals surface area contributed by atoms with E-state index < -0.39 is 0 Å². The minimum Gasteiger partial charge on any atom is -0.361 e. The Morgan fingerprint density at radius 3 is 2.74 bits per heavy atom. The maximum absolute atomic E-state index is 3.52. The zero-order valence-electron chi connectivity index (χ0n) is 12.5. The molecule has 3 nitrogen and oxygen atoms in total. The van der Waals surface area contributed by atoms with E-state index in [1.54, 1.807) is 0 Å². The van der Waals surface area contributed by atoms with Crippen LogP contribution in [0.2, 0.25) is 0 Å². The number of nitrogens with zero attached hydrogens (tertiary/aromatic N) is 1. The van der Waals surface area contributed by atoms with E-state index in [0.717, 1.165) is 19.6 Å². The van der Waals surface area contributed by atoms with Crippen molar-refractivity contribution in [2.75, 3.05) is 20.1 Å². The van der Waals surface area contributed by atoms with E-state index in [1.165, 1.54) is 16.5 Å². The summed E-state index contributed by atoms with van der Waals surface area (Å²) >= 11 is 0. The van der Waals surface area contributed by atoms with Crippen molar-refractivity contribution < 1.29 is 0 Å². The Morgan fingerprint density at radius 1 is 1.21 bits per heavy atom. The molecule has 2 aromatic rings. The molecule has 0 radical (unpaired) electrons. The largest absolute Gasteiger partial charge is 0.361 e. The van der Waals surface area contributed by atoms with Gasteiger partial charge in [-0.1, -0.05) is 6.07 Å². The molecule has 0 bridgehead atoms. The lowest BCUT2D eigenvalue weighted by Gasteiger charge is -2.23. The van der Waals surface area contributed by atoms with E-state index in [-0.39, 0.29) is 5.54 Å². The third-order valence-electron chi connectivity index (χ3n) is 3.22. The smallest absolute Gasteiger partial charge is 0.0454 e. The first kappa shape index (κ1) is 14.1. The summed E-state index contributed by atoms with van der Waals surface area (Å²) in [6, 6.07) is 8.75. The SMILES string of the molecule is CN(CCNC(C)(C)C)Cc1ccc2[nH]ccc2c1. The molecule has 19 heavy (non-hydrogen) atoms. The number of aromatic amines is 1. The van der Waals surface area contributed by atoms with Crippen LogP contribution in [-0.4, -0.2) is 35.6 Å². The Bertz CT molecular complexity index is 522. The highest BCUT2D eigenvalue weighted by Gasteiger charge is 2.08. The molecule has 1 aromatic carbocycles. The summed E-state index contributed by atoms with van der Waals surface area (Å²) in [4.78, 5) is 5.58. The van der Waals surface area contributed by atoms with Crippen molar-refractivity contribution in [1.29, 1.82) is 0 Å². The van der Waals surface area contributed by atoms with Gasteiger partial charge in [0.15, 0.2) is 0 Å². The predicted molar refractivity (Wildman–Crippen MR) is 82.4 cm³/mol. The lowest BCUT2D eigenvalue weighted by atomic mass is 10.1. The molecule has 104 valence electrons. The van der Waals surface area contributed by atoms with Crippen LogP contribution in [0.15, 0.2) is 30.5 Å². The van der Waals surface area contributed by atoms with Crippen LogP contribution in [0.3, 0.4) is 0 Å². The second kappa shape index (κ2) is 5.76. The van der Waals surface area contributed by atoms with Crippen LogP contribution in [0.5, 0.6) is 0 Å². The molecular formula is C16H25N3. The summed E-state index contributed by atoms with van der Waals surface area (Å²) in [6.45, 7) is 9.67. The van der Waals surface area contributed by atoms with Crippen molar-refractivity contribution >= 4 is 10.9 Å². The molecule has 0 saturated carbocycles. The molecule has 0 amide bonds. The number of likely N-dealkylation sites (N-methyl/N-ethyl adjacent to an activating group) is 1. The van der Waals surface area contributed by atoms with Gasteiger partial charge >= 0.3 is 0 Å². The van der Waals surface area contributed by atoms with Crippen molar-refractivity contribution in [3.05, 3.63) is 36.0 Å². The maximum Gasteiger partial charge on any atom is 0.0454 e. The van der Waals surface area contributed by atoms with Gasteiger partial charge in [-0.15, -0.1) is 0 Å². The number of benzene rings is 1. The topological polar surface area (TPSA) is 31.1 Å². The number of nitrogens with one attached hydrogen (secondary N) is 2. The average Bonchev–Trinajstić information content (AvgIpc) is 2.74. The number of rotatable bonds is 5. The molecule has 2 N–H and O–H groups in total. The first-order valence-corrected chi connectivity index (χ1v) is 6.94. The van der Waals surface area contributed by atoms with Gasteiger partial charge in [-0.05, 0) is 57.0 Å². The Morgan fingerprint density at radius 2 is 2.00 bits per heavy atom. The zero-order valence-corrected chi connectivity index (χ0v) is 12.5. The van der Waals surface area contributed by atoms with E-state index in [2.05, 4.69) is 67.3 Å². The van der Waals surface area contributed by atoms with Crippen LogP contribution < -0.4 is 5.32 Å². The average molecular weight is 259 g/mol. The molecule has 3 heteroatoms. The fraction of sp³-hybridized carbons (Fsp3) is 0.500. The molecule has 2 rings (SSSR count). The van der Waals surface area contributed by atoms with Crippen molar-refractivity contribution in [3.8, 4) is 0 Å². The van der Waals surface area contributed by atoms with E-state index in [9.17, 15) is 0 Å². The summed E-state index contributed by atoms with van der Waals surface area (Å²) in [7, 11) is 2.17. The number of fused-ring (bicyclic) bond motifs is 1. The van der Waals surface area contributed by atoms with Gasteiger partial charge in [-0.25, -0.2) is 0 Å². The lowest BCUT2D eigenvalue weighted by Crippen LogP contribution is -2.40. The third kappa shape index (κ3) is 4.37. The highest BCUT2D eigenvalue weighted by Crippen LogP contribution is 2.15. The number of aromatic nitrogens is 1. The van der Waals surface area contributed by atoms with Gasteiger partial charge in [-0.3, -0.25) is 0 Å². The predicted octanol–water partition coefficient (Wildman–Crippen LogP) is 2.99. The fourth-order valence-corrected chi connectivity index (χ4v) is 2.21. The third-order valence-corrected chi connectivity index (χ3v) is 3.22. The molecule has 0 aliphatic carbocycles. The summed E-state index contributed by atoms with van der Waals surface area (Å²) in [6.07, 6.45) is 1.99. The first-order valence-electron chi connectivity index (χ1n) is 6.94. The van der Waals surface area contributed by atoms with E-state index in [0.29, 0.717) is 0 Å². The molecule has 0 aliphatic rings. The summed E-state index contributed by atoms with van der Waals surface area (Å²) < 4.78 is 0. The normalized spacial score (nSPS) is 12.5. The monoisotopic (exact) mass is 259 g/mol. The van der Waals surface area contributed by atoms with E-state index >= 15 is 0 Å². The standard InChI is InChI=1S/C16H25N3/c1-16(2,3)18-9-10-19(4)12-13-5-6-15-14(11-13)7-8-17-15/h5-8,11,17-18H,9-10,12H2,1-4H3. The highest BCUT2D eigenvalue weighted by molar-refractivity contribution is 5.79. The van der Waals surface area contributed by atoms with Crippen LogP contribution in [0.1, 0.15) is 26.3 Å². The van der Waals surface area contributed by atoms with Gasteiger partial charge in [0.1, 0.15) is 0 Å².